The molecule has 0 radical (unpaired) electrons. The fourth-order valence-corrected chi connectivity index (χ4v) is 7.20. The molecule has 3 atom stereocenters. The second-order valence-corrected chi connectivity index (χ2v) is 13.9. The van der Waals surface area contributed by atoms with Gasteiger partial charge in [0, 0.05) is 61.7 Å². The Kier molecular flexibility index (Phi) is 9.73. The van der Waals surface area contributed by atoms with Crippen LogP contribution in [0.1, 0.15) is 101 Å². The van der Waals surface area contributed by atoms with Crippen LogP contribution in [0.5, 0.6) is 0 Å². The van der Waals surface area contributed by atoms with Crippen molar-refractivity contribution in [1.29, 1.82) is 0 Å². The third kappa shape index (κ3) is 6.67. The number of carbonyl (C=O) groups is 2. The van der Waals surface area contributed by atoms with Crippen molar-refractivity contribution in [3.63, 3.8) is 0 Å². The first-order valence-electron chi connectivity index (χ1n) is 15.2. The molecular formula is C34H46ClF2N3O2. The third-order valence-electron chi connectivity index (χ3n) is 9.35. The minimum atomic E-state index is -0.613. The van der Waals surface area contributed by atoms with E-state index in [4.69, 9.17) is 11.6 Å². The number of aryl methyl sites for hydroxylation is 1. The van der Waals surface area contributed by atoms with Crippen molar-refractivity contribution in [1.82, 2.24) is 14.7 Å². The van der Waals surface area contributed by atoms with Gasteiger partial charge in [-0.1, -0.05) is 23.7 Å². The van der Waals surface area contributed by atoms with Crippen molar-refractivity contribution in [2.75, 3.05) is 26.2 Å². The molecule has 2 fully saturated rings. The van der Waals surface area contributed by atoms with E-state index >= 15 is 0 Å². The highest BCUT2D eigenvalue weighted by molar-refractivity contribution is 6.31. The first-order chi connectivity index (χ1) is 19.6. The lowest BCUT2D eigenvalue weighted by molar-refractivity contribution is -0.137. The number of benzene rings is 2. The Bertz CT molecular complexity index is 1320. The molecule has 0 aromatic heterocycles. The molecule has 0 aliphatic carbocycles. The Balaban J connectivity index is 1.56. The van der Waals surface area contributed by atoms with Crippen LogP contribution in [0.4, 0.5) is 8.78 Å². The normalized spacial score (nSPS) is 21.2. The van der Waals surface area contributed by atoms with Gasteiger partial charge in [-0.3, -0.25) is 14.5 Å². The average molecular weight is 602 g/mol. The molecule has 0 N–H and O–H groups in total. The van der Waals surface area contributed by atoms with Crippen LogP contribution in [0.15, 0.2) is 30.3 Å². The van der Waals surface area contributed by atoms with Crippen LogP contribution in [0.3, 0.4) is 0 Å². The summed E-state index contributed by atoms with van der Waals surface area (Å²) >= 11 is 6.59. The standard InChI is InChI=1S/C34H46ClF2N3O2/c1-20(2)40(23(5)41)22(4)27-17-31(35)21(3)15-28(27)24-11-13-38(14-12-24)33(42)30-19-39(34(6,7)8)18-29(30)26-10-9-25(36)16-32(26)37/h9-10,15-17,20,22,24,29-30H,11-14,18-19H2,1-8H3/t22?,29-,30?/m0/s1. The topological polar surface area (TPSA) is 43.9 Å². The molecule has 0 saturated carbocycles. The summed E-state index contributed by atoms with van der Waals surface area (Å²) in [6.45, 7) is 18.3. The molecular weight excluding hydrogens is 556 g/mol. The Morgan fingerprint density at radius 1 is 1.00 bits per heavy atom. The van der Waals surface area contributed by atoms with Gasteiger partial charge in [-0.2, -0.15) is 0 Å². The minimum Gasteiger partial charge on any atom is -0.342 e. The van der Waals surface area contributed by atoms with Gasteiger partial charge in [0.1, 0.15) is 11.6 Å². The molecule has 42 heavy (non-hydrogen) atoms. The zero-order valence-corrected chi connectivity index (χ0v) is 27.1. The lowest BCUT2D eigenvalue weighted by Crippen LogP contribution is -2.44. The molecule has 230 valence electrons. The molecule has 2 aromatic carbocycles. The van der Waals surface area contributed by atoms with E-state index in [1.807, 2.05) is 36.6 Å². The van der Waals surface area contributed by atoms with E-state index in [1.165, 1.54) is 17.7 Å². The molecule has 8 heteroatoms. The summed E-state index contributed by atoms with van der Waals surface area (Å²) in [7, 11) is 0. The lowest BCUT2D eigenvalue weighted by atomic mass is 9.82. The van der Waals surface area contributed by atoms with Gasteiger partial charge in [-0.05, 0) is 102 Å². The Labute approximate surface area is 255 Å². The molecule has 5 nitrogen and oxygen atoms in total. The summed E-state index contributed by atoms with van der Waals surface area (Å²) in [6.07, 6.45) is 1.58. The van der Waals surface area contributed by atoms with Gasteiger partial charge in [0.2, 0.25) is 11.8 Å². The maximum Gasteiger partial charge on any atom is 0.227 e. The summed E-state index contributed by atoms with van der Waals surface area (Å²) < 4.78 is 28.7. The van der Waals surface area contributed by atoms with Crippen molar-refractivity contribution >= 4 is 23.4 Å². The zero-order valence-electron chi connectivity index (χ0n) is 26.3. The van der Waals surface area contributed by atoms with Gasteiger partial charge in [-0.15, -0.1) is 0 Å². The van der Waals surface area contributed by atoms with E-state index in [1.54, 1.807) is 6.92 Å². The van der Waals surface area contributed by atoms with Crippen LogP contribution in [0.25, 0.3) is 0 Å². The van der Waals surface area contributed by atoms with Crippen molar-refractivity contribution < 1.29 is 18.4 Å². The highest BCUT2D eigenvalue weighted by atomic mass is 35.5. The second-order valence-electron chi connectivity index (χ2n) is 13.5. The van der Waals surface area contributed by atoms with Gasteiger partial charge >= 0.3 is 0 Å². The van der Waals surface area contributed by atoms with Crippen molar-refractivity contribution in [3.05, 3.63) is 69.2 Å². The van der Waals surface area contributed by atoms with E-state index in [0.717, 1.165) is 30.0 Å². The quantitative estimate of drug-likeness (QED) is 0.345. The maximum absolute atomic E-state index is 14.9. The fourth-order valence-electron chi connectivity index (χ4n) is 7.03. The molecule has 4 rings (SSSR count). The Morgan fingerprint density at radius 2 is 1.64 bits per heavy atom. The summed E-state index contributed by atoms with van der Waals surface area (Å²) in [5, 5.41) is 0.684. The number of amides is 2. The van der Waals surface area contributed by atoms with Gasteiger partial charge in [0.25, 0.3) is 0 Å². The highest BCUT2D eigenvalue weighted by Crippen LogP contribution is 2.41. The van der Waals surface area contributed by atoms with Gasteiger partial charge in [-0.25, -0.2) is 8.78 Å². The highest BCUT2D eigenvalue weighted by Gasteiger charge is 2.45. The van der Waals surface area contributed by atoms with Gasteiger partial charge in [0.05, 0.1) is 12.0 Å². The van der Waals surface area contributed by atoms with Crippen molar-refractivity contribution in [2.24, 2.45) is 5.92 Å². The summed E-state index contributed by atoms with van der Waals surface area (Å²) in [6, 6.07) is 7.77. The number of hydrogen-bond acceptors (Lipinski definition) is 3. The molecule has 2 aromatic rings. The summed E-state index contributed by atoms with van der Waals surface area (Å²) in [4.78, 5) is 32.6. The third-order valence-corrected chi connectivity index (χ3v) is 9.75. The van der Waals surface area contributed by atoms with Crippen LogP contribution in [-0.2, 0) is 9.59 Å². The maximum atomic E-state index is 14.9. The Hall–Kier alpha value is -2.51. The molecule has 2 aliphatic heterocycles. The second kappa shape index (κ2) is 12.6. The molecule has 2 saturated heterocycles. The van der Waals surface area contributed by atoms with E-state index in [9.17, 15) is 18.4 Å². The first-order valence-corrected chi connectivity index (χ1v) is 15.6. The number of rotatable bonds is 6. The SMILES string of the molecule is CC(=O)N(C(C)C)C(C)c1cc(Cl)c(C)cc1C1CCN(C(=O)C2CN(C(C)(C)C)C[C@H]2c2ccc(F)cc2F)CC1. The molecule has 0 bridgehead atoms. The van der Waals surface area contributed by atoms with Crippen molar-refractivity contribution in [3.8, 4) is 0 Å². The fraction of sp³-hybridized carbons (Fsp3) is 0.588. The van der Waals surface area contributed by atoms with Crippen molar-refractivity contribution in [2.45, 2.75) is 97.7 Å². The molecule has 0 spiro atoms. The number of nitrogens with zero attached hydrogens (tertiary/aromatic N) is 3. The number of piperidine rings is 1. The van der Waals surface area contributed by atoms with Crippen LogP contribution in [0.2, 0.25) is 5.02 Å². The molecule has 2 unspecified atom stereocenters. The molecule has 2 heterocycles. The number of likely N-dealkylation sites (tertiary alicyclic amines) is 2. The van der Waals surface area contributed by atoms with E-state index < -0.39 is 17.6 Å². The number of hydrogen-bond donors (Lipinski definition) is 0. The predicted octanol–water partition coefficient (Wildman–Crippen LogP) is 7.46. The van der Waals surface area contributed by atoms with E-state index in [2.05, 4.69) is 38.7 Å². The first kappa shape index (κ1) is 32.4. The smallest absolute Gasteiger partial charge is 0.227 e. The van der Waals surface area contributed by atoms with E-state index in [-0.39, 0.29) is 41.3 Å². The largest absolute Gasteiger partial charge is 0.342 e. The van der Waals surface area contributed by atoms with Crippen LogP contribution < -0.4 is 0 Å². The summed E-state index contributed by atoms with van der Waals surface area (Å²) in [5.41, 5.74) is 3.47. The monoisotopic (exact) mass is 601 g/mol. The van der Waals surface area contributed by atoms with Gasteiger partial charge < -0.3 is 9.80 Å². The zero-order chi connectivity index (χ0) is 31.1. The average Bonchev–Trinajstić information content (AvgIpc) is 3.35. The van der Waals surface area contributed by atoms with Crippen LogP contribution in [0, 0.1) is 24.5 Å². The molecule has 2 aliphatic rings. The Morgan fingerprint density at radius 3 is 2.19 bits per heavy atom. The van der Waals surface area contributed by atoms with E-state index in [0.29, 0.717) is 36.8 Å². The number of carbonyl (C=O) groups excluding carboxylic acids is 2. The predicted molar refractivity (Wildman–Crippen MR) is 165 cm³/mol. The van der Waals surface area contributed by atoms with Crippen LogP contribution in [-0.4, -0.2) is 64.3 Å². The number of halogens is 3. The summed E-state index contributed by atoms with van der Waals surface area (Å²) in [5.74, 6) is -1.65. The van der Waals surface area contributed by atoms with Gasteiger partial charge in [0.15, 0.2) is 0 Å². The van der Waals surface area contributed by atoms with Crippen LogP contribution >= 0.6 is 11.6 Å². The molecule has 2 amide bonds. The lowest BCUT2D eigenvalue weighted by Gasteiger charge is -2.38. The minimum absolute atomic E-state index is 0.0218.